The highest BCUT2D eigenvalue weighted by atomic mass is 32.1. The Hall–Kier alpha value is -1.74. The maximum Gasteiger partial charge on any atom is 0.160 e. The zero-order chi connectivity index (χ0) is 12.7. The lowest BCUT2D eigenvalue weighted by Gasteiger charge is -2.09. The summed E-state index contributed by atoms with van der Waals surface area (Å²) in [5.74, 6) is 0.840. The van der Waals surface area contributed by atoms with E-state index < -0.39 is 0 Å². The van der Waals surface area contributed by atoms with Crippen LogP contribution in [0.15, 0.2) is 36.5 Å². The van der Waals surface area contributed by atoms with Gasteiger partial charge in [0.2, 0.25) is 0 Å². The normalized spacial score (nSPS) is 14.5. The maximum atomic E-state index is 4.76. The van der Waals surface area contributed by atoms with Gasteiger partial charge in [-0.1, -0.05) is 30.3 Å². The first-order valence-corrected chi connectivity index (χ1v) is 7.56. The second-order valence-corrected chi connectivity index (χ2v) is 6.07. The Morgan fingerprint density at radius 3 is 2.74 bits per heavy atom. The largest absolute Gasteiger partial charge is 0.236 e. The quantitative estimate of drug-likeness (QED) is 0.658. The maximum absolute atomic E-state index is 4.76. The van der Waals surface area contributed by atoms with Gasteiger partial charge >= 0.3 is 0 Å². The number of aromatic nitrogens is 2. The van der Waals surface area contributed by atoms with Crippen LogP contribution in [-0.4, -0.2) is 9.97 Å². The summed E-state index contributed by atoms with van der Waals surface area (Å²) in [5.41, 5.74) is 2.60. The number of nitrogens with zero attached hydrogens (tertiary/aromatic N) is 2. The van der Waals surface area contributed by atoms with Crippen molar-refractivity contribution in [2.75, 3.05) is 0 Å². The van der Waals surface area contributed by atoms with Gasteiger partial charge in [0.1, 0.15) is 4.83 Å². The fourth-order valence-electron chi connectivity index (χ4n) is 2.77. The molecule has 0 bridgehead atoms. The highest BCUT2D eigenvalue weighted by Crippen LogP contribution is 2.35. The second-order valence-electron chi connectivity index (χ2n) is 4.99. The standard InChI is InChI=1S/C16H14N2S/c1-2-6-11(7-3-1)15-17-10-13-12-8-4-5-9-14(12)19-16(13)18-15/h1-3,6-7,10H,4-5,8-9H2. The molecule has 0 atom stereocenters. The van der Waals surface area contributed by atoms with Crippen LogP contribution in [0.5, 0.6) is 0 Å². The van der Waals surface area contributed by atoms with E-state index in [2.05, 4.69) is 17.1 Å². The van der Waals surface area contributed by atoms with Crippen molar-refractivity contribution >= 4 is 21.6 Å². The van der Waals surface area contributed by atoms with Crippen LogP contribution in [0, 0.1) is 0 Å². The van der Waals surface area contributed by atoms with Gasteiger partial charge in [-0.3, -0.25) is 0 Å². The summed E-state index contributed by atoms with van der Waals surface area (Å²) in [4.78, 5) is 12.0. The first-order valence-electron chi connectivity index (χ1n) is 6.74. The van der Waals surface area contributed by atoms with Crippen molar-refractivity contribution < 1.29 is 0 Å². The fraction of sp³-hybridized carbons (Fsp3) is 0.250. The van der Waals surface area contributed by atoms with E-state index in [0.717, 1.165) is 16.2 Å². The predicted octanol–water partition coefficient (Wildman–Crippen LogP) is 4.24. The lowest BCUT2D eigenvalue weighted by atomic mass is 9.97. The molecule has 0 unspecified atom stereocenters. The third-order valence-corrected chi connectivity index (χ3v) is 4.95. The van der Waals surface area contributed by atoms with Crippen molar-refractivity contribution in [3.05, 3.63) is 47.0 Å². The lowest BCUT2D eigenvalue weighted by Crippen LogP contribution is -1.98. The molecule has 4 rings (SSSR count). The van der Waals surface area contributed by atoms with E-state index in [1.165, 1.54) is 41.5 Å². The molecular weight excluding hydrogens is 252 g/mol. The highest BCUT2D eigenvalue weighted by Gasteiger charge is 2.17. The molecule has 2 aromatic heterocycles. The number of benzene rings is 1. The Morgan fingerprint density at radius 1 is 1.00 bits per heavy atom. The van der Waals surface area contributed by atoms with Crippen molar-refractivity contribution in [3.63, 3.8) is 0 Å². The molecule has 2 heterocycles. The average Bonchev–Trinajstić information content (AvgIpc) is 2.86. The van der Waals surface area contributed by atoms with Gasteiger partial charge in [-0.2, -0.15) is 0 Å². The van der Waals surface area contributed by atoms with E-state index >= 15 is 0 Å². The zero-order valence-corrected chi connectivity index (χ0v) is 11.4. The molecular formula is C16H14N2S. The van der Waals surface area contributed by atoms with Crippen LogP contribution < -0.4 is 0 Å². The molecule has 0 radical (unpaired) electrons. The van der Waals surface area contributed by atoms with Crippen molar-refractivity contribution in [2.45, 2.75) is 25.7 Å². The number of rotatable bonds is 1. The molecule has 1 aromatic carbocycles. The minimum absolute atomic E-state index is 0.840. The molecule has 94 valence electrons. The Kier molecular flexibility index (Phi) is 2.59. The van der Waals surface area contributed by atoms with E-state index in [0.29, 0.717) is 0 Å². The van der Waals surface area contributed by atoms with Gasteiger partial charge < -0.3 is 0 Å². The van der Waals surface area contributed by atoms with E-state index in [-0.39, 0.29) is 0 Å². The van der Waals surface area contributed by atoms with E-state index in [4.69, 9.17) is 4.98 Å². The first-order chi connectivity index (χ1) is 9.42. The molecule has 0 amide bonds. The summed E-state index contributed by atoms with van der Waals surface area (Å²) in [7, 11) is 0. The topological polar surface area (TPSA) is 25.8 Å². The molecule has 0 aliphatic heterocycles. The van der Waals surface area contributed by atoms with Gasteiger partial charge in [0.25, 0.3) is 0 Å². The van der Waals surface area contributed by atoms with Gasteiger partial charge in [0, 0.05) is 22.0 Å². The van der Waals surface area contributed by atoms with Crippen LogP contribution in [0.4, 0.5) is 0 Å². The average molecular weight is 266 g/mol. The number of hydrogen-bond acceptors (Lipinski definition) is 3. The van der Waals surface area contributed by atoms with Gasteiger partial charge in [0.15, 0.2) is 5.82 Å². The molecule has 3 aromatic rings. The second kappa shape index (κ2) is 4.42. The third-order valence-electron chi connectivity index (χ3n) is 3.75. The van der Waals surface area contributed by atoms with Crippen molar-refractivity contribution in [1.82, 2.24) is 9.97 Å². The Labute approximate surface area is 116 Å². The smallest absolute Gasteiger partial charge is 0.160 e. The third kappa shape index (κ3) is 1.85. The van der Waals surface area contributed by atoms with Crippen LogP contribution in [0.3, 0.4) is 0 Å². The Balaban J connectivity index is 1.88. The number of thiophene rings is 1. The Bertz CT molecular complexity index is 731. The molecule has 1 aliphatic rings. The summed E-state index contributed by atoms with van der Waals surface area (Å²) < 4.78 is 0. The van der Waals surface area contributed by atoms with Crippen molar-refractivity contribution in [3.8, 4) is 11.4 Å². The number of aryl methyl sites for hydroxylation is 2. The van der Waals surface area contributed by atoms with Gasteiger partial charge in [0.05, 0.1) is 0 Å². The molecule has 0 N–H and O–H groups in total. The van der Waals surface area contributed by atoms with Gasteiger partial charge in [-0.15, -0.1) is 11.3 Å². The number of hydrogen-bond donors (Lipinski definition) is 0. The van der Waals surface area contributed by atoms with Crippen LogP contribution in [0.1, 0.15) is 23.3 Å². The number of fused-ring (bicyclic) bond motifs is 3. The monoisotopic (exact) mass is 266 g/mol. The first kappa shape index (κ1) is 11.1. The van der Waals surface area contributed by atoms with E-state index in [1.807, 2.05) is 35.7 Å². The van der Waals surface area contributed by atoms with Crippen LogP contribution in [0.2, 0.25) is 0 Å². The summed E-state index contributed by atoms with van der Waals surface area (Å²) in [6, 6.07) is 10.2. The molecule has 3 heteroatoms. The Morgan fingerprint density at radius 2 is 1.84 bits per heavy atom. The summed E-state index contributed by atoms with van der Waals surface area (Å²) >= 11 is 1.86. The minimum atomic E-state index is 0.840. The van der Waals surface area contributed by atoms with Gasteiger partial charge in [-0.25, -0.2) is 9.97 Å². The van der Waals surface area contributed by atoms with Gasteiger partial charge in [-0.05, 0) is 31.2 Å². The minimum Gasteiger partial charge on any atom is -0.236 e. The van der Waals surface area contributed by atoms with Crippen LogP contribution in [-0.2, 0) is 12.8 Å². The molecule has 1 aliphatic carbocycles. The highest BCUT2D eigenvalue weighted by molar-refractivity contribution is 7.18. The molecule has 0 fully saturated rings. The molecule has 2 nitrogen and oxygen atoms in total. The molecule has 0 spiro atoms. The lowest BCUT2D eigenvalue weighted by molar-refractivity contribution is 0.700. The SMILES string of the molecule is c1ccc(-c2ncc3c4c(sc3n2)CCCC4)cc1. The van der Waals surface area contributed by atoms with Crippen molar-refractivity contribution in [1.29, 1.82) is 0 Å². The van der Waals surface area contributed by atoms with E-state index in [9.17, 15) is 0 Å². The molecule has 0 saturated carbocycles. The van der Waals surface area contributed by atoms with E-state index in [1.54, 1.807) is 0 Å². The summed E-state index contributed by atoms with van der Waals surface area (Å²) in [6.45, 7) is 0. The summed E-state index contributed by atoms with van der Waals surface area (Å²) in [6.07, 6.45) is 7.06. The van der Waals surface area contributed by atoms with Crippen LogP contribution >= 0.6 is 11.3 Å². The molecule has 0 saturated heterocycles. The predicted molar refractivity (Wildman–Crippen MR) is 79.5 cm³/mol. The fourth-order valence-corrected chi connectivity index (χ4v) is 4.00. The summed E-state index contributed by atoms with van der Waals surface area (Å²) in [5, 5.41) is 1.28. The zero-order valence-electron chi connectivity index (χ0n) is 10.6. The van der Waals surface area contributed by atoms with Crippen LogP contribution in [0.25, 0.3) is 21.6 Å². The van der Waals surface area contributed by atoms with Crippen molar-refractivity contribution in [2.24, 2.45) is 0 Å². The molecule has 19 heavy (non-hydrogen) atoms.